The third kappa shape index (κ3) is 5.07. The van der Waals surface area contributed by atoms with Crippen molar-refractivity contribution in [2.75, 3.05) is 24.4 Å². The maximum absolute atomic E-state index is 11.7. The molecular weight excluding hydrogens is 246 g/mol. The van der Waals surface area contributed by atoms with Crippen LogP contribution in [0.15, 0.2) is 24.3 Å². The van der Waals surface area contributed by atoms with E-state index in [2.05, 4.69) is 10.6 Å². The maximum atomic E-state index is 11.7. The van der Waals surface area contributed by atoms with Crippen LogP contribution in [0.2, 0.25) is 0 Å². The van der Waals surface area contributed by atoms with Crippen LogP contribution in [-0.4, -0.2) is 31.1 Å². The van der Waals surface area contributed by atoms with Crippen LogP contribution in [0.5, 0.6) is 0 Å². The van der Waals surface area contributed by atoms with Gasteiger partial charge in [0.1, 0.15) is 6.61 Å². The van der Waals surface area contributed by atoms with Crippen molar-refractivity contribution in [2.24, 2.45) is 5.73 Å². The molecule has 0 spiro atoms. The number of ether oxygens (including phenoxy) is 1. The molecule has 0 saturated heterocycles. The molecule has 1 aromatic rings. The highest BCUT2D eigenvalue weighted by Crippen LogP contribution is 2.16. The molecule has 0 radical (unpaired) electrons. The molecule has 4 N–H and O–H groups in total. The van der Waals surface area contributed by atoms with Gasteiger partial charge in [-0.1, -0.05) is 6.07 Å². The second-order valence-electron chi connectivity index (χ2n) is 4.74. The first kappa shape index (κ1) is 15.1. The van der Waals surface area contributed by atoms with Gasteiger partial charge in [-0.25, -0.2) is 0 Å². The van der Waals surface area contributed by atoms with Crippen molar-refractivity contribution in [3.8, 4) is 0 Å². The summed E-state index contributed by atoms with van der Waals surface area (Å²) in [5, 5.41) is 5.33. The van der Waals surface area contributed by atoms with E-state index in [9.17, 15) is 9.59 Å². The molecule has 0 aliphatic heterocycles. The van der Waals surface area contributed by atoms with E-state index in [1.54, 1.807) is 38.1 Å². The van der Waals surface area contributed by atoms with Crippen LogP contribution >= 0.6 is 0 Å². The number of anilines is 2. The number of rotatable bonds is 5. The molecule has 0 fully saturated rings. The van der Waals surface area contributed by atoms with Crippen LogP contribution in [0, 0.1) is 0 Å². The zero-order valence-corrected chi connectivity index (χ0v) is 11.3. The van der Waals surface area contributed by atoms with E-state index in [0.29, 0.717) is 11.4 Å². The highest BCUT2D eigenvalue weighted by Gasteiger charge is 2.21. The highest BCUT2D eigenvalue weighted by atomic mass is 16.5. The average Bonchev–Trinajstić information content (AvgIpc) is 2.28. The van der Waals surface area contributed by atoms with Gasteiger partial charge in [0.05, 0.1) is 5.54 Å². The summed E-state index contributed by atoms with van der Waals surface area (Å²) in [5.41, 5.74) is 5.87. The summed E-state index contributed by atoms with van der Waals surface area (Å²) in [6.07, 6.45) is 0. The van der Waals surface area contributed by atoms with Gasteiger partial charge in [-0.15, -0.1) is 0 Å². The molecule has 0 bridgehead atoms. The van der Waals surface area contributed by atoms with Crippen molar-refractivity contribution in [3.05, 3.63) is 24.3 Å². The molecule has 1 aromatic carbocycles. The molecule has 0 aliphatic carbocycles. The molecule has 104 valence electrons. The fourth-order valence-corrected chi connectivity index (χ4v) is 1.30. The lowest BCUT2D eigenvalue weighted by atomic mass is 10.1. The van der Waals surface area contributed by atoms with E-state index in [4.69, 9.17) is 10.5 Å². The van der Waals surface area contributed by atoms with Crippen molar-refractivity contribution in [1.29, 1.82) is 0 Å². The van der Waals surface area contributed by atoms with E-state index in [1.165, 1.54) is 7.11 Å². The lowest BCUT2D eigenvalue weighted by Crippen LogP contribution is -2.45. The normalized spacial score (nSPS) is 10.9. The SMILES string of the molecule is COCC(=O)Nc1cccc(NC(=O)C(C)(C)N)c1. The number of carbonyl (C=O) groups is 2. The van der Waals surface area contributed by atoms with Crippen LogP contribution in [0.3, 0.4) is 0 Å². The first-order valence-corrected chi connectivity index (χ1v) is 5.82. The Morgan fingerprint density at radius 1 is 1.26 bits per heavy atom. The number of hydrogen-bond donors (Lipinski definition) is 3. The fourth-order valence-electron chi connectivity index (χ4n) is 1.30. The summed E-state index contributed by atoms with van der Waals surface area (Å²) in [6.45, 7) is 3.21. The number of methoxy groups -OCH3 is 1. The first-order chi connectivity index (χ1) is 8.82. The highest BCUT2D eigenvalue weighted by molar-refractivity contribution is 5.98. The zero-order chi connectivity index (χ0) is 14.5. The van der Waals surface area contributed by atoms with Crippen LogP contribution in [0.25, 0.3) is 0 Å². The Morgan fingerprint density at radius 2 is 1.84 bits per heavy atom. The molecule has 0 atom stereocenters. The lowest BCUT2D eigenvalue weighted by Gasteiger charge is -2.18. The van der Waals surface area contributed by atoms with E-state index < -0.39 is 5.54 Å². The number of benzene rings is 1. The van der Waals surface area contributed by atoms with Gasteiger partial charge >= 0.3 is 0 Å². The van der Waals surface area contributed by atoms with Crippen molar-refractivity contribution >= 4 is 23.2 Å². The standard InChI is InChI=1S/C13H19N3O3/c1-13(2,14)12(18)16-10-6-4-5-9(7-10)15-11(17)8-19-3/h4-7H,8,14H2,1-3H3,(H,15,17)(H,16,18). The van der Waals surface area contributed by atoms with Gasteiger partial charge in [-0.3, -0.25) is 9.59 Å². The van der Waals surface area contributed by atoms with Gasteiger partial charge in [0.15, 0.2) is 0 Å². The van der Waals surface area contributed by atoms with Crippen molar-refractivity contribution in [1.82, 2.24) is 0 Å². The number of nitrogens with two attached hydrogens (primary N) is 1. The first-order valence-electron chi connectivity index (χ1n) is 5.82. The topological polar surface area (TPSA) is 93.5 Å². The zero-order valence-electron chi connectivity index (χ0n) is 11.3. The number of carbonyl (C=O) groups excluding carboxylic acids is 2. The molecule has 0 saturated carbocycles. The Labute approximate surface area is 112 Å². The van der Waals surface area contributed by atoms with E-state index in [1.807, 2.05) is 0 Å². The van der Waals surface area contributed by atoms with Crippen LogP contribution in [0.4, 0.5) is 11.4 Å². The van der Waals surface area contributed by atoms with E-state index >= 15 is 0 Å². The molecule has 0 heterocycles. The van der Waals surface area contributed by atoms with Gasteiger partial charge in [0, 0.05) is 18.5 Å². The third-order valence-corrected chi connectivity index (χ3v) is 2.26. The lowest BCUT2D eigenvalue weighted by molar-refractivity contribution is -0.120. The Balaban J connectivity index is 2.72. The van der Waals surface area contributed by atoms with Crippen LogP contribution < -0.4 is 16.4 Å². The molecule has 19 heavy (non-hydrogen) atoms. The van der Waals surface area contributed by atoms with Crippen LogP contribution in [-0.2, 0) is 14.3 Å². The quantitative estimate of drug-likeness (QED) is 0.738. The van der Waals surface area contributed by atoms with Gasteiger partial charge in [0.25, 0.3) is 0 Å². The van der Waals surface area contributed by atoms with Crippen LogP contribution in [0.1, 0.15) is 13.8 Å². The summed E-state index contributed by atoms with van der Waals surface area (Å²) >= 11 is 0. The van der Waals surface area contributed by atoms with Crippen molar-refractivity contribution < 1.29 is 14.3 Å². The Morgan fingerprint density at radius 3 is 2.37 bits per heavy atom. The average molecular weight is 265 g/mol. The Hall–Kier alpha value is -1.92. The van der Waals surface area contributed by atoms with Gasteiger partial charge < -0.3 is 21.1 Å². The molecule has 1 rings (SSSR count). The van der Waals surface area contributed by atoms with Gasteiger partial charge in [-0.2, -0.15) is 0 Å². The summed E-state index contributed by atoms with van der Waals surface area (Å²) < 4.78 is 4.72. The molecular formula is C13H19N3O3. The Bertz CT molecular complexity index is 466. The Kier molecular flexibility index (Phi) is 5.02. The van der Waals surface area contributed by atoms with E-state index in [0.717, 1.165) is 0 Å². The van der Waals surface area contributed by atoms with E-state index in [-0.39, 0.29) is 18.4 Å². The number of amides is 2. The minimum atomic E-state index is -0.963. The predicted molar refractivity (Wildman–Crippen MR) is 73.8 cm³/mol. The van der Waals surface area contributed by atoms with Gasteiger partial charge in [0.2, 0.25) is 11.8 Å². The molecule has 2 amide bonds. The minimum absolute atomic E-state index is 0.0214. The van der Waals surface area contributed by atoms with Gasteiger partial charge in [-0.05, 0) is 32.0 Å². The molecule has 0 unspecified atom stereocenters. The monoisotopic (exact) mass is 265 g/mol. The molecule has 6 heteroatoms. The molecule has 6 nitrogen and oxygen atoms in total. The predicted octanol–water partition coefficient (Wildman–Crippen LogP) is 0.947. The summed E-state index contributed by atoms with van der Waals surface area (Å²) in [7, 11) is 1.44. The smallest absolute Gasteiger partial charge is 0.250 e. The molecule has 0 aromatic heterocycles. The van der Waals surface area contributed by atoms with Crippen molar-refractivity contribution in [2.45, 2.75) is 19.4 Å². The molecule has 0 aliphatic rings. The maximum Gasteiger partial charge on any atom is 0.250 e. The minimum Gasteiger partial charge on any atom is -0.375 e. The summed E-state index contributed by atoms with van der Waals surface area (Å²) in [6, 6.07) is 6.81. The number of hydrogen-bond acceptors (Lipinski definition) is 4. The summed E-state index contributed by atoms with van der Waals surface area (Å²) in [5.74, 6) is -0.557. The fraction of sp³-hybridized carbons (Fsp3) is 0.385. The largest absolute Gasteiger partial charge is 0.375 e. The second kappa shape index (κ2) is 6.31. The second-order valence-corrected chi connectivity index (χ2v) is 4.74. The third-order valence-electron chi connectivity index (χ3n) is 2.26. The summed E-state index contributed by atoms with van der Waals surface area (Å²) in [4.78, 5) is 23.1. The van der Waals surface area contributed by atoms with Crippen molar-refractivity contribution in [3.63, 3.8) is 0 Å². The number of nitrogens with one attached hydrogen (secondary N) is 2.